The highest BCUT2D eigenvalue weighted by Crippen LogP contribution is 2.06. The molecule has 0 spiro atoms. The van der Waals surface area contributed by atoms with E-state index in [9.17, 15) is 4.79 Å². The van der Waals surface area contributed by atoms with Gasteiger partial charge < -0.3 is 15.5 Å². The van der Waals surface area contributed by atoms with Crippen LogP contribution in [0.3, 0.4) is 0 Å². The van der Waals surface area contributed by atoms with Crippen LogP contribution in [-0.4, -0.2) is 23.3 Å². The molecule has 0 saturated carbocycles. The predicted molar refractivity (Wildman–Crippen MR) is 79.4 cm³/mol. The maximum Gasteiger partial charge on any atom is 0.321 e. The molecule has 1 aromatic carbocycles. The smallest absolute Gasteiger partial charge is 0.321 e. The van der Waals surface area contributed by atoms with Crippen molar-refractivity contribution in [3.8, 4) is 0 Å². The van der Waals surface area contributed by atoms with Crippen LogP contribution in [0.15, 0.2) is 30.3 Å². The molecule has 2 N–H and O–H groups in total. The van der Waals surface area contributed by atoms with Crippen LogP contribution < -0.4 is 5.32 Å². The van der Waals surface area contributed by atoms with E-state index in [1.165, 1.54) is 0 Å². The van der Waals surface area contributed by atoms with Crippen LogP contribution in [0, 0.1) is 11.3 Å². The summed E-state index contributed by atoms with van der Waals surface area (Å²) in [5.41, 5.74) is 1.25. The quantitative estimate of drug-likeness (QED) is 0.476. The van der Waals surface area contributed by atoms with Crippen LogP contribution in [0.4, 0.5) is 0 Å². The van der Waals surface area contributed by atoms with E-state index < -0.39 is 11.9 Å². The standard InChI is InChI=1S/C14H18N2O2S/c1-3-18-14(17)12(10(2)15)13(19)16-9-11-7-5-4-6-8-11/h4-8,12,15H,3,9H2,1-2H3,(H,16,19). The molecule has 1 aromatic rings. The van der Waals surface area contributed by atoms with E-state index >= 15 is 0 Å². The zero-order chi connectivity index (χ0) is 14.3. The molecule has 1 unspecified atom stereocenters. The minimum Gasteiger partial charge on any atom is -0.465 e. The van der Waals surface area contributed by atoms with Gasteiger partial charge in [0.2, 0.25) is 0 Å². The van der Waals surface area contributed by atoms with Gasteiger partial charge in [0.25, 0.3) is 0 Å². The highest BCUT2D eigenvalue weighted by Gasteiger charge is 2.26. The largest absolute Gasteiger partial charge is 0.465 e. The Balaban J connectivity index is 2.63. The summed E-state index contributed by atoms with van der Waals surface area (Å²) in [5.74, 6) is -1.26. The Kier molecular flexibility index (Phi) is 6.15. The number of thiocarbonyl (C=S) groups is 1. The minimum atomic E-state index is -0.793. The van der Waals surface area contributed by atoms with Gasteiger partial charge in [-0.25, -0.2) is 0 Å². The average Bonchev–Trinajstić information content (AvgIpc) is 2.37. The molecule has 0 aromatic heterocycles. The summed E-state index contributed by atoms with van der Waals surface area (Å²) >= 11 is 5.19. The van der Waals surface area contributed by atoms with E-state index in [0.717, 1.165) is 5.56 Å². The molecule has 4 nitrogen and oxygen atoms in total. The molecule has 102 valence electrons. The van der Waals surface area contributed by atoms with E-state index in [4.69, 9.17) is 22.4 Å². The Morgan fingerprint density at radius 1 is 1.42 bits per heavy atom. The third-order valence-electron chi connectivity index (χ3n) is 2.53. The highest BCUT2D eigenvalue weighted by molar-refractivity contribution is 7.80. The molecule has 0 aliphatic carbocycles. The fraction of sp³-hybridized carbons (Fsp3) is 0.357. The minimum absolute atomic E-state index is 0.184. The van der Waals surface area contributed by atoms with Gasteiger partial charge in [0.15, 0.2) is 0 Å². The van der Waals surface area contributed by atoms with Crippen molar-refractivity contribution in [2.45, 2.75) is 20.4 Å². The average molecular weight is 278 g/mol. The van der Waals surface area contributed by atoms with E-state index in [0.29, 0.717) is 11.5 Å². The first kappa shape index (κ1) is 15.3. The molecule has 0 amide bonds. The summed E-state index contributed by atoms with van der Waals surface area (Å²) in [7, 11) is 0. The molecule has 1 rings (SSSR count). The normalized spacial score (nSPS) is 11.5. The number of nitrogens with one attached hydrogen (secondary N) is 2. The van der Waals surface area contributed by atoms with Gasteiger partial charge >= 0.3 is 5.97 Å². The lowest BCUT2D eigenvalue weighted by molar-refractivity contribution is -0.143. The molecular weight excluding hydrogens is 260 g/mol. The first-order valence-electron chi connectivity index (χ1n) is 6.09. The summed E-state index contributed by atoms with van der Waals surface area (Å²) < 4.78 is 4.93. The van der Waals surface area contributed by atoms with Crippen molar-refractivity contribution in [1.82, 2.24) is 5.32 Å². The molecule has 0 aliphatic rings. The number of hydrogen-bond donors (Lipinski definition) is 2. The van der Waals surface area contributed by atoms with Crippen LogP contribution in [0.5, 0.6) is 0 Å². The van der Waals surface area contributed by atoms with Crippen molar-refractivity contribution in [2.75, 3.05) is 6.61 Å². The Morgan fingerprint density at radius 2 is 2.05 bits per heavy atom. The van der Waals surface area contributed by atoms with Crippen LogP contribution in [0.2, 0.25) is 0 Å². The molecule has 0 heterocycles. The topological polar surface area (TPSA) is 62.2 Å². The summed E-state index contributed by atoms with van der Waals surface area (Å²) in [4.78, 5) is 12.1. The first-order chi connectivity index (χ1) is 9.06. The van der Waals surface area contributed by atoms with Gasteiger partial charge in [0, 0.05) is 12.3 Å². The van der Waals surface area contributed by atoms with Gasteiger partial charge in [0.1, 0.15) is 5.92 Å². The zero-order valence-electron chi connectivity index (χ0n) is 11.1. The van der Waals surface area contributed by atoms with Gasteiger partial charge in [0.05, 0.1) is 11.6 Å². The second kappa shape index (κ2) is 7.63. The van der Waals surface area contributed by atoms with Gasteiger partial charge in [-0.2, -0.15) is 0 Å². The Labute approximate surface area is 118 Å². The fourth-order valence-corrected chi connectivity index (χ4v) is 1.94. The molecule has 0 saturated heterocycles. The second-order valence-electron chi connectivity index (χ2n) is 4.07. The number of ether oxygens (including phenoxy) is 1. The Bertz CT molecular complexity index is 460. The maximum atomic E-state index is 11.7. The van der Waals surface area contributed by atoms with Crippen LogP contribution in [0.1, 0.15) is 19.4 Å². The summed E-state index contributed by atoms with van der Waals surface area (Å²) in [6, 6.07) is 9.74. The maximum absolute atomic E-state index is 11.7. The van der Waals surface area contributed by atoms with Crippen molar-refractivity contribution in [3.63, 3.8) is 0 Å². The van der Waals surface area contributed by atoms with Gasteiger partial charge in [-0.1, -0.05) is 42.5 Å². The number of benzene rings is 1. The Hall–Kier alpha value is -1.75. The van der Waals surface area contributed by atoms with Crippen molar-refractivity contribution in [3.05, 3.63) is 35.9 Å². The lowest BCUT2D eigenvalue weighted by atomic mass is 10.0. The number of carbonyl (C=O) groups excluding carboxylic acids is 1. The summed E-state index contributed by atoms with van der Waals surface area (Å²) in [5, 5.41) is 10.7. The molecule has 0 aliphatic heterocycles. The summed E-state index contributed by atoms with van der Waals surface area (Å²) in [6.45, 7) is 4.10. The number of hydrogen-bond acceptors (Lipinski definition) is 4. The van der Waals surface area contributed by atoms with Gasteiger partial charge in [-0.05, 0) is 19.4 Å². The predicted octanol–water partition coefficient (Wildman–Crippen LogP) is 2.32. The summed E-state index contributed by atoms with van der Waals surface area (Å²) in [6.07, 6.45) is 0. The molecule has 0 fully saturated rings. The van der Waals surface area contributed by atoms with Crippen LogP contribution in [-0.2, 0) is 16.1 Å². The second-order valence-corrected chi connectivity index (χ2v) is 4.51. The van der Waals surface area contributed by atoms with Crippen molar-refractivity contribution < 1.29 is 9.53 Å². The monoisotopic (exact) mass is 278 g/mol. The molecule has 19 heavy (non-hydrogen) atoms. The van der Waals surface area contributed by atoms with E-state index in [1.54, 1.807) is 13.8 Å². The number of carbonyl (C=O) groups is 1. The number of rotatable bonds is 6. The van der Waals surface area contributed by atoms with E-state index in [2.05, 4.69) is 5.32 Å². The molecular formula is C14H18N2O2S. The van der Waals surface area contributed by atoms with Crippen LogP contribution in [0.25, 0.3) is 0 Å². The Morgan fingerprint density at radius 3 is 2.58 bits per heavy atom. The highest BCUT2D eigenvalue weighted by atomic mass is 32.1. The lowest BCUT2D eigenvalue weighted by Gasteiger charge is -2.17. The molecule has 5 heteroatoms. The number of esters is 1. The third kappa shape index (κ3) is 4.79. The van der Waals surface area contributed by atoms with E-state index in [1.807, 2.05) is 30.3 Å². The van der Waals surface area contributed by atoms with Crippen molar-refractivity contribution in [1.29, 1.82) is 5.41 Å². The third-order valence-corrected chi connectivity index (χ3v) is 2.91. The lowest BCUT2D eigenvalue weighted by Crippen LogP contribution is -2.38. The molecule has 0 bridgehead atoms. The van der Waals surface area contributed by atoms with Crippen molar-refractivity contribution in [2.24, 2.45) is 5.92 Å². The fourth-order valence-electron chi connectivity index (χ4n) is 1.59. The SMILES string of the molecule is CCOC(=O)C(C(C)=N)C(=S)NCc1ccccc1. The zero-order valence-corrected chi connectivity index (χ0v) is 11.9. The van der Waals surface area contributed by atoms with Crippen molar-refractivity contribution >= 4 is 28.9 Å². The van der Waals surface area contributed by atoms with E-state index in [-0.39, 0.29) is 12.3 Å². The first-order valence-corrected chi connectivity index (χ1v) is 6.50. The van der Waals surface area contributed by atoms with Gasteiger partial charge in [-0.15, -0.1) is 0 Å². The molecule has 1 atom stereocenters. The van der Waals surface area contributed by atoms with Gasteiger partial charge in [-0.3, -0.25) is 4.79 Å². The molecule has 0 radical (unpaired) electrons. The van der Waals surface area contributed by atoms with Crippen LogP contribution >= 0.6 is 12.2 Å².